The molecule has 1 aliphatic rings. The summed E-state index contributed by atoms with van der Waals surface area (Å²) < 4.78 is 0. The second-order valence-electron chi connectivity index (χ2n) is 6.75. The van der Waals surface area contributed by atoms with Gasteiger partial charge in [0.2, 0.25) is 5.82 Å². The van der Waals surface area contributed by atoms with Crippen LogP contribution in [0, 0.1) is 5.92 Å². The average Bonchev–Trinajstić information content (AvgIpc) is 3.24. The van der Waals surface area contributed by atoms with Crippen LogP contribution in [-0.4, -0.2) is 48.7 Å². The summed E-state index contributed by atoms with van der Waals surface area (Å²) >= 11 is 0. The number of aliphatic hydroxyl groups excluding tert-OH is 1. The minimum absolute atomic E-state index is 0.279. The van der Waals surface area contributed by atoms with Crippen molar-refractivity contribution >= 4 is 0 Å². The van der Waals surface area contributed by atoms with Crippen molar-refractivity contribution in [2.24, 2.45) is 5.92 Å². The summed E-state index contributed by atoms with van der Waals surface area (Å²) in [6, 6.07) is 14.0. The fraction of sp³-hybridized carbons (Fsp3) is 0.368. The average molecular weight is 350 g/mol. The van der Waals surface area contributed by atoms with Crippen LogP contribution in [0.3, 0.4) is 0 Å². The number of hydrogen-bond donors (Lipinski definition) is 2. The smallest absolute Gasteiger partial charge is 0.204 e. The molecule has 7 nitrogen and oxygen atoms in total. The van der Waals surface area contributed by atoms with E-state index in [9.17, 15) is 5.11 Å². The quantitative estimate of drug-likeness (QED) is 0.733. The van der Waals surface area contributed by atoms with E-state index in [4.69, 9.17) is 0 Å². The number of likely N-dealkylation sites (tertiary alicyclic amines) is 1. The molecule has 1 atom stereocenters. The van der Waals surface area contributed by atoms with E-state index in [-0.39, 0.29) is 5.92 Å². The number of aliphatic hydroxyl groups is 1. The van der Waals surface area contributed by atoms with Gasteiger partial charge in [-0.2, -0.15) is 5.21 Å². The molecule has 0 radical (unpaired) electrons. The van der Waals surface area contributed by atoms with Crippen molar-refractivity contribution in [3.05, 3.63) is 59.9 Å². The number of H-pyrrole nitrogens is 1. The van der Waals surface area contributed by atoms with Gasteiger partial charge in [0.05, 0.1) is 11.8 Å². The molecule has 0 amide bonds. The minimum Gasteiger partial charge on any atom is -0.387 e. The van der Waals surface area contributed by atoms with Gasteiger partial charge in [0, 0.05) is 18.3 Å². The number of benzene rings is 1. The Morgan fingerprint density at radius 2 is 1.92 bits per heavy atom. The molecule has 3 heterocycles. The SMILES string of the molecule is OC(c1ccccn1)C1CCN(Cc2ccc(-c3nn[nH]n3)cc2)CC1. The highest BCUT2D eigenvalue weighted by atomic mass is 16.3. The summed E-state index contributed by atoms with van der Waals surface area (Å²) in [4.78, 5) is 6.72. The van der Waals surface area contributed by atoms with Crippen molar-refractivity contribution in [2.45, 2.75) is 25.5 Å². The second kappa shape index (κ2) is 7.72. The number of hydrogen-bond acceptors (Lipinski definition) is 6. The van der Waals surface area contributed by atoms with Gasteiger partial charge in [-0.05, 0) is 54.8 Å². The van der Waals surface area contributed by atoms with Gasteiger partial charge < -0.3 is 5.11 Å². The van der Waals surface area contributed by atoms with Gasteiger partial charge in [-0.25, -0.2) is 0 Å². The molecule has 1 fully saturated rings. The Morgan fingerprint density at radius 1 is 1.12 bits per heavy atom. The molecular weight excluding hydrogens is 328 g/mol. The third-order valence-corrected chi connectivity index (χ3v) is 5.03. The minimum atomic E-state index is -0.465. The molecule has 7 heteroatoms. The van der Waals surface area contributed by atoms with E-state index in [1.54, 1.807) is 6.20 Å². The molecular formula is C19H22N6O. The zero-order valence-electron chi connectivity index (χ0n) is 14.5. The number of aromatic nitrogens is 5. The summed E-state index contributed by atoms with van der Waals surface area (Å²) in [6.07, 6.45) is 3.25. The Kier molecular flexibility index (Phi) is 4.99. The van der Waals surface area contributed by atoms with Crippen LogP contribution in [0.2, 0.25) is 0 Å². The maximum absolute atomic E-state index is 10.5. The first-order chi connectivity index (χ1) is 12.8. The molecule has 0 aliphatic carbocycles. The molecule has 1 unspecified atom stereocenters. The zero-order chi connectivity index (χ0) is 17.8. The molecule has 0 spiro atoms. The molecule has 2 N–H and O–H groups in total. The van der Waals surface area contributed by atoms with Crippen LogP contribution in [0.4, 0.5) is 0 Å². The highest BCUT2D eigenvalue weighted by Gasteiger charge is 2.26. The summed E-state index contributed by atoms with van der Waals surface area (Å²) in [6.45, 7) is 2.89. The van der Waals surface area contributed by atoms with Crippen molar-refractivity contribution in [3.63, 3.8) is 0 Å². The third kappa shape index (κ3) is 3.79. The highest BCUT2D eigenvalue weighted by Crippen LogP contribution is 2.30. The molecule has 4 rings (SSSR count). The molecule has 0 bridgehead atoms. The van der Waals surface area contributed by atoms with Crippen LogP contribution in [0.15, 0.2) is 48.7 Å². The number of piperidine rings is 1. The van der Waals surface area contributed by atoms with E-state index >= 15 is 0 Å². The molecule has 26 heavy (non-hydrogen) atoms. The van der Waals surface area contributed by atoms with E-state index in [2.05, 4.69) is 42.6 Å². The number of aromatic amines is 1. The number of tetrazole rings is 1. The standard InChI is InChI=1S/C19H22N6O/c26-18(17-3-1-2-10-20-17)15-8-11-25(12-9-15)13-14-4-6-16(7-5-14)19-21-23-24-22-19/h1-7,10,15,18,26H,8-9,11-13H2,(H,21,22,23,24). The lowest BCUT2D eigenvalue weighted by molar-refractivity contribution is 0.0540. The van der Waals surface area contributed by atoms with Crippen LogP contribution in [-0.2, 0) is 6.54 Å². The van der Waals surface area contributed by atoms with Crippen molar-refractivity contribution in [1.82, 2.24) is 30.5 Å². The summed E-state index contributed by atoms with van der Waals surface area (Å²) in [5, 5.41) is 24.6. The Morgan fingerprint density at radius 3 is 2.58 bits per heavy atom. The number of nitrogens with zero attached hydrogens (tertiary/aromatic N) is 5. The first-order valence-electron chi connectivity index (χ1n) is 8.94. The fourth-order valence-corrected chi connectivity index (χ4v) is 3.52. The monoisotopic (exact) mass is 350 g/mol. The van der Waals surface area contributed by atoms with Gasteiger partial charge in [0.1, 0.15) is 0 Å². The summed E-state index contributed by atoms with van der Waals surface area (Å²) in [7, 11) is 0. The Hall–Kier alpha value is -2.64. The van der Waals surface area contributed by atoms with Gasteiger partial charge in [-0.15, -0.1) is 10.2 Å². The molecule has 2 aromatic heterocycles. The molecule has 1 aromatic carbocycles. The van der Waals surface area contributed by atoms with E-state index in [1.807, 2.05) is 30.3 Å². The molecule has 134 valence electrons. The van der Waals surface area contributed by atoms with Gasteiger partial charge in [0.15, 0.2) is 0 Å². The molecule has 1 saturated heterocycles. The molecule has 3 aromatic rings. The third-order valence-electron chi connectivity index (χ3n) is 5.03. The maximum Gasteiger partial charge on any atom is 0.204 e. The number of pyridine rings is 1. The van der Waals surface area contributed by atoms with Gasteiger partial charge >= 0.3 is 0 Å². The van der Waals surface area contributed by atoms with Gasteiger partial charge in [0.25, 0.3) is 0 Å². The van der Waals surface area contributed by atoms with Gasteiger partial charge in [-0.1, -0.05) is 30.3 Å². The lowest BCUT2D eigenvalue weighted by Gasteiger charge is -2.34. The van der Waals surface area contributed by atoms with Crippen molar-refractivity contribution in [3.8, 4) is 11.4 Å². The largest absolute Gasteiger partial charge is 0.387 e. The van der Waals surface area contributed by atoms with E-state index in [0.717, 1.165) is 43.7 Å². The lowest BCUT2D eigenvalue weighted by atomic mass is 9.89. The Balaban J connectivity index is 1.31. The van der Waals surface area contributed by atoms with Crippen LogP contribution in [0.5, 0.6) is 0 Å². The topological polar surface area (TPSA) is 90.8 Å². The highest BCUT2D eigenvalue weighted by molar-refractivity contribution is 5.54. The van der Waals surface area contributed by atoms with Crippen molar-refractivity contribution < 1.29 is 5.11 Å². The zero-order valence-corrected chi connectivity index (χ0v) is 14.5. The predicted molar refractivity (Wildman–Crippen MR) is 96.8 cm³/mol. The first-order valence-corrected chi connectivity index (χ1v) is 8.94. The Labute approximate surface area is 152 Å². The van der Waals surface area contributed by atoms with Crippen LogP contribution < -0.4 is 0 Å². The number of nitrogens with one attached hydrogen (secondary N) is 1. The lowest BCUT2D eigenvalue weighted by Crippen LogP contribution is -2.35. The molecule has 0 saturated carbocycles. The summed E-state index contributed by atoms with van der Waals surface area (Å²) in [5.41, 5.74) is 3.00. The Bertz CT molecular complexity index is 798. The van der Waals surface area contributed by atoms with Crippen molar-refractivity contribution in [2.75, 3.05) is 13.1 Å². The van der Waals surface area contributed by atoms with Gasteiger partial charge in [-0.3, -0.25) is 9.88 Å². The normalized spacial score (nSPS) is 17.3. The van der Waals surface area contributed by atoms with Crippen LogP contribution >= 0.6 is 0 Å². The van der Waals surface area contributed by atoms with Crippen LogP contribution in [0.25, 0.3) is 11.4 Å². The fourth-order valence-electron chi connectivity index (χ4n) is 3.52. The van der Waals surface area contributed by atoms with E-state index in [0.29, 0.717) is 5.82 Å². The number of rotatable bonds is 5. The predicted octanol–water partition coefficient (Wildman–Crippen LogP) is 2.21. The van der Waals surface area contributed by atoms with E-state index in [1.165, 1.54) is 5.56 Å². The van der Waals surface area contributed by atoms with Crippen molar-refractivity contribution in [1.29, 1.82) is 0 Å². The van der Waals surface area contributed by atoms with E-state index < -0.39 is 6.10 Å². The molecule has 1 aliphatic heterocycles. The maximum atomic E-state index is 10.5. The summed E-state index contributed by atoms with van der Waals surface area (Å²) in [5.74, 6) is 0.891. The second-order valence-corrected chi connectivity index (χ2v) is 6.75. The first kappa shape index (κ1) is 16.8. The van der Waals surface area contributed by atoms with Crippen LogP contribution in [0.1, 0.15) is 30.2 Å².